The Hall–Kier alpha value is 0.200. The van der Waals surface area contributed by atoms with Crippen molar-refractivity contribution in [3.63, 3.8) is 0 Å². The number of hydrogen-bond acceptors (Lipinski definition) is 2. The minimum atomic E-state index is -3.13. The summed E-state index contributed by atoms with van der Waals surface area (Å²) in [5, 5.41) is -0.193. The molecule has 0 bridgehead atoms. The Kier molecular flexibility index (Phi) is 4.67. The summed E-state index contributed by atoms with van der Waals surface area (Å²) in [6, 6.07) is -0.163. The van der Waals surface area contributed by atoms with Crippen molar-refractivity contribution in [3.8, 4) is 0 Å². The van der Waals surface area contributed by atoms with Gasteiger partial charge in [0.25, 0.3) is 0 Å². The molecule has 1 unspecified atom stereocenters. The van der Waals surface area contributed by atoms with E-state index in [9.17, 15) is 8.42 Å². The highest BCUT2D eigenvalue weighted by atomic mass is 35.5. The first-order valence-electron chi connectivity index (χ1n) is 5.13. The lowest BCUT2D eigenvalue weighted by atomic mass is 10.0. The fourth-order valence-corrected chi connectivity index (χ4v) is 3.74. The van der Waals surface area contributed by atoms with Crippen LogP contribution in [0.15, 0.2) is 0 Å². The molecule has 0 saturated heterocycles. The molecule has 0 heterocycles. The third-order valence-corrected chi connectivity index (χ3v) is 5.13. The standard InChI is InChI=1S/C9H18ClNO2S/c1-8(7-10)11-14(12,13)9-5-3-2-4-6-9/h8-9,11H,2-7H2,1H3. The summed E-state index contributed by atoms with van der Waals surface area (Å²) >= 11 is 5.57. The van der Waals surface area contributed by atoms with E-state index in [1.54, 1.807) is 6.92 Å². The Morgan fingerprint density at radius 3 is 2.43 bits per heavy atom. The first-order valence-corrected chi connectivity index (χ1v) is 7.21. The van der Waals surface area contributed by atoms with Crippen LogP contribution in [0.25, 0.3) is 0 Å². The SMILES string of the molecule is CC(CCl)NS(=O)(=O)C1CCCCC1. The number of halogens is 1. The lowest BCUT2D eigenvalue weighted by molar-refractivity contribution is 0.474. The van der Waals surface area contributed by atoms with Crippen molar-refractivity contribution < 1.29 is 8.42 Å². The molecule has 1 fully saturated rings. The molecule has 0 amide bonds. The second-order valence-corrected chi connectivity index (χ2v) is 6.28. The molecule has 0 spiro atoms. The zero-order chi connectivity index (χ0) is 10.6. The fourth-order valence-electron chi connectivity index (χ4n) is 1.78. The molecule has 1 rings (SSSR count). The summed E-state index contributed by atoms with van der Waals surface area (Å²) in [6.07, 6.45) is 4.81. The number of sulfonamides is 1. The van der Waals surface area contributed by atoms with Gasteiger partial charge in [-0.15, -0.1) is 11.6 Å². The van der Waals surface area contributed by atoms with Gasteiger partial charge in [0.2, 0.25) is 10.0 Å². The number of nitrogens with one attached hydrogen (secondary N) is 1. The molecule has 1 aliphatic rings. The van der Waals surface area contributed by atoms with Crippen LogP contribution in [-0.4, -0.2) is 25.6 Å². The summed E-state index contributed by atoms with van der Waals surface area (Å²) in [4.78, 5) is 0. The van der Waals surface area contributed by atoms with Crippen LogP contribution in [0.2, 0.25) is 0 Å². The largest absolute Gasteiger partial charge is 0.214 e. The van der Waals surface area contributed by atoms with Gasteiger partial charge in [0, 0.05) is 11.9 Å². The molecule has 0 aromatic rings. The fraction of sp³-hybridized carbons (Fsp3) is 1.00. The average molecular weight is 240 g/mol. The third-order valence-electron chi connectivity index (χ3n) is 2.59. The van der Waals surface area contributed by atoms with Crippen LogP contribution in [-0.2, 0) is 10.0 Å². The van der Waals surface area contributed by atoms with E-state index in [1.807, 2.05) is 0 Å². The van der Waals surface area contributed by atoms with E-state index in [4.69, 9.17) is 11.6 Å². The first-order chi connectivity index (χ1) is 6.56. The Morgan fingerprint density at radius 1 is 1.36 bits per heavy atom. The van der Waals surface area contributed by atoms with E-state index in [1.165, 1.54) is 0 Å². The van der Waals surface area contributed by atoms with Crippen LogP contribution < -0.4 is 4.72 Å². The normalized spacial score (nSPS) is 22.1. The monoisotopic (exact) mass is 239 g/mol. The van der Waals surface area contributed by atoms with E-state index >= 15 is 0 Å². The van der Waals surface area contributed by atoms with Gasteiger partial charge < -0.3 is 0 Å². The molecule has 1 N–H and O–H groups in total. The van der Waals surface area contributed by atoms with Crippen molar-refractivity contribution in [2.75, 3.05) is 5.88 Å². The van der Waals surface area contributed by atoms with Gasteiger partial charge in [0.05, 0.1) is 5.25 Å². The quantitative estimate of drug-likeness (QED) is 0.762. The number of alkyl halides is 1. The van der Waals surface area contributed by atoms with Crippen molar-refractivity contribution in [3.05, 3.63) is 0 Å². The molecule has 0 aromatic heterocycles. The van der Waals surface area contributed by atoms with Crippen LogP contribution in [0, 0.1) is 0 Å². The molecule has 14 heavy (non-hydrogen) atoms. The van der Waals surface area contributed by atoms with Crippen LogP contribution in [0.3, 0.4) is 0 Å². The van der Waals surface area contributed by atoms with E-state index in [0.29, 0.717) is 5.88 Å². The van der Waals surface area contributed by atoms with Gasteiger partial charge in [0.15, 0.2) is 0 Å². The Balaban J connectivity index is 2.54. The first kappa shape index (κ1) is 12.3. The summed E-state index contributed by atoms with van der Waals surface area (Å²) in [5.41, 5.74) is 0. The second-order valence-electron chi connectivity index (χ2n) is 3.98. The van der Waals surface area contributed by atoms with Gasteiger partial charge >= 0.3 is 0 Å². The average Bonchev–Trinajstić information content (AvgIpc) is 2.18. The lowest BCUT2D eigenvalue weighted by Crippen LogP contribution is -2.41. The van der Waals surface area contributed by atoms with Crippen molar-refractivity contribution in [1.29, 1.82) is 0 Å². The molecule has 0 radical (unpaired) electrons. The zero-order valence-electron chi connectivity index (χ0n) is 8.50. The Bertz CT molecular complexity index is 260. The van der Waals surface area contributed by atoms with Crippen LogP contribution in [0.4, 0.5) is 0 Å². The topological polar surface area (TPSA) is 46.2 Å². The highest BCUT2D eigenvalue weighted by molar-refractivity contribution is 7.90. The second kappa shape index (κ2) is 5.33. The molecular formula is C9H18ClNO2S. The van der Waals surface area contributed by atoms with Gasteiger partial charge in [-0.2, -0.15) is 0 Å². The number of hydrogen-bond donors (Lipinski definition) is 1. The predicted octanol–water partition coefficient (Wildman–Crippen LogP) is 1.87. The molecule has 1 saturated carbocycles. The summed E-state index contributed by atoms with van der Waals surface area (Å²) in [7, 11) is -3.13. The minimum Gasteiger partial charge on any atom is -0.212 e. The third kappa shape index (κ3) is 3.41. The van der Waals surface area contributed by atoms with Crippen molar-refractivity contribution in [2.45, 2.75) is 50.3 Å². The van der Waals surface area contributed by atoms with Crippen LogP contribution >= 0.6 is 11.6 Å². The summed E-state index contributed by atoms with van der Waals surface area (Å²) in [5.74, 6) is 0.325. The Morgan fingerprint density at radius 2 is 1.93 bits per heavy atom. The molecule has 5 heteroatoms. The summed E-state index contributed by atoms with van der Waals surface area (Å²) in [6.45, 7) is 1.79. The highest BCUT2D eigenvalue weighted by Gasteiger charge is 2.27. The van der Waals surface area contributed by atoms with Crippen LogP contribution in [0.5, 0.6) is 0 Å². The molecule has 1 atom stereocenters. The van der Waals surface area contributed by atoms with E-state index in [2.05, 4.69) is 4.72 Å². The van der Waals surface area contributed by atoms with Gasteiger partial charge in [-0.05, 0) is 19.8 Å². The maximum absolute atomic E-state index is 11.8. The van der Waals surface area contributed by atoms with Crippen molar-refractivity contribution in [2.24, 2.45) is 0 Å². The molecular weight excluding hydrogens is 222 g/mol. The van der Waals surface area contributed by atoms with Gasteiger partial charge in [-0.3, -0.25) is 0 Å². The van der Waals surface area contributed by atoms with Crippen molar-refractivity contribution in [1.82, 2.24) is 4.72 Å². The van der Waals surface area contributed by atoms with E-state index in [0.717, 1.165) is 32.1 Å². The molecule has 84 valence electrons. The van der Waals surface area contributed by atoms with Crippen molar-refractivity contribution >= 4 is 21.6 Å². The smallest absolute Gasteiger partial charge is 0.212 e. The highest BCUT2D eigenvalue weighted by Crippen LogP contribution is 2.23. The Labute approximate surface area is 91.3 Å². The molecule has 0 aliphatic heterocycles. The maximum atomic E-state index is 11.8. The molecule has 0 aromatic carbocycles. The minimum absolute atomic E-state index is 0.163. The molecule has 3 nitrogen and oxygen atoms in total. The lowest BCUT2D eigenvalue weighted by Gasteiger charge is -2.23. The van der Waals surface area contributed by atoms with E-state index < -0.39 is 10.0 Å². The van der Waals surface area contributed by atoms with Gasteiger partial charge in [0.1, 0.15) is 0 Å². The molecule has 1 aliphatic carbocycles. The summed E-state index contributed by atoms with van der Waals surface area (Å²) < 4.78 is 26.2. The van der Waals surface area contributed by atoms with E-state index in [-0.39, 0.29) is 11.3 Å². The van der Waals surface area contributed by atoms with Gasteiger partial charge in [-0.1, -0.05) is 19.3 Å². The maximum Gasteiger partial charge on any atom is 0.214 e. The van der Waals surface area contributed by atoms with Gasteiger partial charge in [-0.25, -0.2) is 13.1 Å². The number of rotatable bonds is 4. The zero-order valence-corrected chi connectivity index (χ0v) is 10.1. The predicted molar refractivity (Wildman–Crippen MR) is 59.1 cm³/mol. The van der Waals surface area contributed by atoms with Crippen LogP contribution in [0.1, 0.15) is 39.0 Å².